The number of carbonyl (C=O) groups is 2. The number of hydrogen-bond acceptors (Lipinski definition) is 4. The van der Waals surface area contributed by atoms with E-state index >= 15 is 0 Å². The average molecular weight is 439 g/mol. The minimum absolute atomic E-state index is 0.0289. The number of rotatable bonds is 6. The van der Waals surface area contributed by atoms with E-state index in [4.69, 9.17) is 4.74 Å². The summed E-state index contributed by atoms with van der Waals surface area (Å²) >= 11 is 0. The number of ketones is 2. The molecule has 0 amide bonds. The maximum Gasteiger partial charge on any atom is 0.159 e. The molecule has 32 heavy (non-hydrogen) atoms. The van der Waals surface area contributed by atoms with Gasteiger partial charge in [-0.05, 0) is 100 Å². The van der Waals surface area contributed by atoms with Crippen LogP contribution in [0.3, 0.4) is 0 Å². The highest BCUT2D eigenvalue weighted by molar-refractivity contribution is 5.95. The molecule has 2 aromatic rings. The molecule has 174 valence electrons. The van der Waals surface area contributed by atoms with Crippen LogP contribution in [0.25, 0.3) is 0 Å². The highest BCUT2D eigenvalue weighted by atomic mass is 16.5. The van der Waals surface area contributed by atoms with Crippen LogP contribution < -0.4 is 4.74 Å². The molecule has 0 unspecified atom stereocenters. The number of phenolic OH excluding ortho intramolecular Hbond substituents is 1. The summed E-state index contributed by atoms with van der Waals surface area (Å²) in [5, 5.41) is 9.40. The Bertz CT molecular complexity index is 906. The number of phenols is 1. The maximum atomic E-state index is 11.4. The van der Waals surface area contributed by atoms with Gasteiger partial charge in [-0.15, -0.1) is 0 Å². The summed E-state index contributed by atoms with van der Waals surface area (Å²) in [7, 11) is 0. The Hall–Kier alpha value is -2.62. The molecule has 1 aliphatic rings. The van der Waals surface area contributed by atoms with Crippen molar-refractivity contribution >= 4 is 11.6 Å². The van der Waals surface area contributed by atoms with Crippen molar-refractivity contribution in [3.8, 4) is 11.5 Å². The van der Waals surface area contributed by atoms with Gasteiger partial charge >= 0.3 is 0 Å². The molecule has 4 nitrogen and oxygen atoms in total. The van der Waals surface area contributed by atoms with Crippen molar-refractivity contribution in [3.05, 3.63) is 57.6 Å². The summed E-state index contributed by atoms with van der Waals surface area (Å²) in [5.41, 5.74) is 5.07. The van der Waals surface area contributed by atoms with Crippen molar-refractivity contribution in [2.75, 3.05) is 6.61 Å². The molecule has 0 spiro atoms. The van der Waals surface area contributed by atoms with E-state index in [0.29, 0.717) is 5.56 Å². The van der Waals surface area contributed by atoms with Crippen molar-refractivity contribution < 1.29 is 19.4 Å². The SMILES string of the molecule is CC(=O)c1cc(C)c(O)c(C)c1.CC(=O)c1cc(C)c(OCCC2CCCCC2)c(C)c1. The molecule has 0 heterocycles. The van der Waals surface area contributed by atoms with Crippen LogP contribution >= 0.6 is 0 Å². The van der Waals surface area contributed by atoms with E-state index in [0.717, 1.165) is 52.5 Å². The Balaban J connectivity index is 0.000000258. The smallest absolute Gasteiger partial charge is 0.159 e. The number of benzene rings is 2. The van der Waals surface area contributed by atoms with Gasteiger partial charge in [-0.3, -0.25) is 9.59 Å². The summed E-state index contributed by atoms with van der Waals surface area (Å²) in [6.45, 7) is 11.5. The molecule has 0 radical (unpaired) electrons. The molecule has 1 N–H and O–H groups in total. The number of aromatic hydroxyl groups is 1. The summed E-state index contributed by atoms with van der Waals surface area (Å²) in [6.07, 6.45) is 8.07. The Morgan fingerprint density at radius 1 is 0.812 bits per heavy atom. The second kappa shape index (κ2) is 11.8. The summed E-state index contributed by atoms with van der Waals surface area (Å²) in [6, 6.07) is 7.27. The fourth-order valence-electron chi connectivity index (χ4n) is 4.34. The Kier molecular flexibility index (Phi) is 9.49. The lowest BCUT2D eigenvalue weighted by Gasteiger charge is -2.22. The first-order valence-corrected chi connectivity index (χ1v) is 11.7. The van der Waals surface area contributed by atoms with Crippen molar-refractivity contribution in [1.29, 1.82) is 0 Å². The number of hydrogen-bond donors (Lipinski definition) is 1. The Labute approximate surface area is 193 Å². The molecule has 0 bridgehead atoms. The van der Waals surface area contributed by atoms with Crippen LogP contribution in [0.2, 0.25) is 0 Å². The predicted octanol–water partition coefficient (Wildman–Crippen LogP) is 7.07. The fraction of sp³-hybridized carbons (Fsp3) is 0.500. The van der Waals surface area contributed by atoms with Gasteiger partial charge in [0.1, 0.15) is 11.5 Å². The minimum Gasteiger partial charge on any atom is -0.507 e. The first kappa shape index (κ1) is 25.6. The number of ether oxygens (including phenoxy) is 1. The van der Waals surface area contributed by atoms with Gasteiger partial charge in [0.2, 0.25) is 0 Å². The molecule has 1 aliphatic carbocycles. The monoisotopic (exact) mass is 438 g/mol. The van der Waals surface area contributed by atoms with E-state index in [1.165, 1.54) is 39.0 Å². The first-order valence-electron chi connectivity index (χ1n) is 11.7. The van der Waals surface area contributed by atoms with E-state index in [2.05, 4.69) is 0 Å². The van der Waals surface area contributed by atoms with Crippen LogP contribution in [0.4, 0.5) is 0 Å². The van der Waals surface area contributed by atoms with E-state index < -0.39 is 0 Å². The van der Waals surface area contributed by atoms with Gasteiger partial charge in [0.25, 0.3) is 0 Å². The first-order chi connectivity index (χ1) is 15.1. The summed E-state index contributed by atoms with van der Waals surface area (Å²) < 4.78 is 5.99. The highest BCUT2D eigenvalue weighted by Gasteiger charge is 2.14. The summed E-state index contributed by atoms with van der Waals surface area (Å²) in [5.74, 6) is 2.23. The summed E-state index contributed by atoms with van der Waals surface area (Å²) in [4.78, 5) is 22.4. The van der Waals surface area contributed by atoms with Crippen molar-refractivity contribution in [3.63, 3.8) is 0 Å². The maximum absolute atomic E-state index is 11.4. The van der Waals surface area contributed by atoms with Crippen LogP contribution in [0.1, 0.15) is 95.3 Å². The largest absolute Gasteiger partial charge is 0.507 e. The van der Waals surface area contributed by atoms with Crippen molar-refractivity contribution in [1.82, 2.24) is 0 Å². The lowest BCUT2D eigenvalue weighted by atomic mass is 9.87. The van der Waals surface area contributed by atoms with Crippen LogP contribution in [0.5, 0.6) is 11.5 Å². The lowest BCUT2D eigenvalue weighted by molar-refractivity contribution is 0.100. The average Bonchev–Trinajstić information content (AvgIpc) is 2.74. The van der Waals surface area contributed by atoms with E-state index in [1.54, 1.807) is 32.9 Å². The molecule has 4 heteroatoms. The molecule has 0 aromatic heterocycles. The molecule has 1 saturated carbocycles. The molecule has 2 aromatic carbocycles. The van der Waals surface area contributed by atoms with E-state index in [1.807, 2.05) is 26.0 Å². The second-order valence-corrected chi connectivity index (χ2v) is 9.15. The second-order valence-electron chi connectivity index (χ2n) is 9.15. The van der Waals surface area contributed by atoms with E-state index in [9.17, 15) is 14.7 Å². The van der Waals surface area contributed by atoms with Gasteiger partial charge in [0, 0.05) is 11.1 Å². The molecule has 0 aliphatic heterocycles. The third-order valence-electron chi connectivity index (χ3n) is 6.26. The van der Waals surface area contributed by atoms with Gasteiger partial charge in [-0.2, -0.15) is 0 Å². The molecule has 3 rings (SSSR count). The molecule has 1 fully saturated rings. The highest BCUT2D eigenvalue weighted by Crippen LogP contribution is 2.29. The van der Waals surface area contributed by atoms with Gasteiger partial charge in [0.15, 0.2) is 11.6 Å². The van der Waals surface area contributed by atoms with Gasteiger partial charge in [-0.25, -0.2) is 0 Å². The van der Waals surface area contributed by atoms with Crippen molar-refractivity contribution in [2.24, 2.45) is 5.92 Å². The number of Topliss-reactive ketones (excluding diaryl/α,β-unsaturated/α-hetero) is 2. The van der Waals surface area contributed by atoms with Crippen molar-refractivity contribution in [2.45, 2.75) is 80.1 Å². The third-order valence-corrected chi connectivity index (χ3v) is 6.26. The third kappa shape index (κ3) is 7.22. The van der Waals surface area contributed by atoms with Crippen LogP contribution in [0, 0.1) is 33.6 Å². The number of carbonyl (C=O) groups excluding carboxylic acids is 2. The zero-order chi connectivity index (χ0) is 23.8. The number of aryl methyl sites for hydroxylation is 4. The molecular formula is C28H38O4. The Morgan fingerprint density at radius 3 is 1.69 bits per heavy atom. The standard InChI is InChI=1S/C18H26O2.C10H12O2/c1-13-11-17(15(3)19)12-14(2)18(13)20-10-9-16-7-5-4-6-8-16;1-6-4-9(8(3)11)5-7(2)10(6)12/h11-12,16H,4-10H2,1-3H3;4-5,12H,1-3H3. The van der Waals surface area contributed by atoms with E-state index in [-0.39, 0.29) is 17.3 Å². The normalized spacial score (nSPS) is 13.8. The Morgan fingerprint density at radius 2 is 1.25 bits per heavy atom. The van der Waals surface area contributed by atoms with Crippen LogP contribution in [-0.2, 0) is 0 Å². The molecule has 0 saturated heterocycles. The molecule has 0 atom stereocenters. The molecular weight excluding hydrogens is 400 g/mol. The minimum atomic E-state index is 0.0289. The van der Waals surface area contributed by atoms with Gasteiger partial charge in [-0.1, -0.05) is 32.1 Å². The topological polar surface area (TPSA) is 63.6 Å². The lowest BCUT2D eigenvalue weighted by Crippen LogP contribution is -2.11. The quantitative estimate of drug-likeness (QED) is 0.490. The van der Waals surface area contributed by atoms with Gasteiger partial charge < -0.3 is 9.84 Å². The van der Waals surface area contributed by atoms with Crippen LogP contribution in [-0.4, -0.2) is 23.3 Å². The zero-order valence-electron chi connectivity index (χ0n) is 20.5. The predicted molar refractivity (Wildman–Crippen MR) is 130 cm³/mol. The fourth-order valence-corrected chi connectivity index (χ4v) is 4.34. The zero-order valence-corrected chi connectivity index (χ0v) is 20.5. The van der Waals surface area contributed by atoms with Gasteiger partial charge in [0.05, 0.1) is 6.61 Å². The van der Waals surface area contributed by atoms with Crippen LogP contribution in [0.15, 0.2) is 24.3 Å².